The molecule has 2 amide bonds. The SMILES string of the molecule is CCOC1CC(N)(C(=O)Nc2ccc3c(c2)CCCC(=O)N3)C1(C)C.Cl. The van der Waals surface area contributed by atoms with Crippen molar-refractivity contribution in [3.8, 4) is 0 Å². The van der Waals surface area contributed by atoms with Crippen LogP contribution in [0.25, 0.3) is 0 Å². The molecule has 1 fully saturated rings. The van der Waals surface area contributed by atoms with Crippen LogP contribution in [0.4, 0.5) is 11.4 Å². The summed E-state index contributed by atoms with van der Waals surface area (Å²) in [6, 6.07) is 5.57. The van der Waals surface area contributed by atoms with E-state index in [4.69, 9.17) is 10.5 Å². The molecule has 144 valence electrons. The lowest BCUT2D eigenvalue weighted by molar-refractivity contribution is -0.166. The van der Waals surface area contributed by atoms with E-state index in [1.54, 1.807) is 6.07 Å². The molecule has 2 atom stereocenters. The van der Waals surface area contributed by atoms with Crippen LogP contribution in [0.1, 0.15) is 45.6 Å². The Kier molecular flexibility index (Phi) is 6.00. The van der Waals surface area contributed by atoms with Crippen molar-refractivity contribution in [2.45, 2.75) is 58.1 Å². The number of carbonyl (C=O) groups excluding carboxylic acids is 2. The number of aryl methyl sites for hydroxylation is 1. The van der Waals surface area contributed by atoms with E-state index in [-0.39, 0.29) is 30.3 Å². The number of rotatable bonds is 4. The summed E-state index contributed by atoms with van der Waals surface area (Å²) < 4.78 is 5.69. The Bertz CT molecular complexity index is 707. The van der Waals surface area contributed by atoms with Crippen LogP contribution in [0.3, 0.4) is 0 Å². The molecular formula is C19H28ClN3O3. The van der Waals surface area contributed by atoms with Gasteiger partial charge in [0.2, 0.25) is 11.8 Å². The Hall–Kier alpha value is -1.63. The van der Waals surface area contributed by atoms with Gasteiger partial charge in [-0.2, -0.15) is 0 Å². The minimum Gasteiger partial charge on any atom is -0.378 e. The van der Waals surface area contributed by atoms with Crippen LogP contribution in [0, 0.1) is 5.41 Å². The number of halogens is 1. The number of hydrogen-bond acceptors (Lipinski definition) is 4. The van der Waals surface area contributed by atoms with Crippen molar-refractivity contribution >= 4 is 35.6 Å². The van der Waals surface area contributed by atoms with Crippen molar-refractivity contribution in [1.29, 1.82) is 0 Å². The van der Waals surface area contributed by atoms with Crippen LogP contribution in [-0.4, -0.2) is 30.1 Å². The molecule has 1 aromatic carbocycles. The summed E-state index contributed by atoms with van der Waals surface area (Å²) in [4.78, 5) is 24.4. The minimum atomic E-state index is -0.951. The Morgan fingerprint density at radius 1 is 1.38 bits per heavy atom. The van der Waals surface area contributed by atoms with E-state index < -0.39 is 11.0 Å². The fraction of sp³-hybridized carbons (Fsp3) is 0.579. The van der Waals surface area contributed by atoms with Gasteiger partial charge >= 0.3 is 0 Å². The van der Waals surface area contributed by atoms with Gasteiger partial charge in [-0.25, -0.2) is 0 Å². The molecule has 0 radical (unpaired) electrons. The molecule has 2 aliphatic rings. The zero-order chi connectivity index (χ0) is 18.2. The lowest BCUT2D eigenvalue weighted by Gasteiger charge is -2.57. The number of nitrogens with one attached hydrogen (secondary N) is 2. The number of ether oxygens (including phenoxy) is 1. The number of amides is 2. The molecule has 1 heterocycles. The van der Waals surface area contributed by atoms with Crippen molar-refractivity contribution in [3.05, 3.63) is 23.8 Å². The number of fused-ring (bicyclic) bond motifs is 1. The maximum Gasteiger partial charge on any atom is 0.245 e. The molecule has 7 heteroatoms. The fourth-order valence-corrected chi connectivity index (χ4v) is 3.72. The van der Waals surface area contributed by atoms with Crippen LogP contribution in [0.15, 0.2) is 18.2 Å². The second-order valence-corrected chi connectivity index (χ2v) is 7.57. The van der Waals surface area contributed by atoms with Gasteiger partial charge in [0.05, 0.1) is 6.10 Å². The average molecular weight is 382 g/mol. The quantitative estimate of drug-likeness (QED) is 0.747. The molecule has 0 saturated heterocycles. The average Bonchev–Trinajstić information content (AvgIpc) is 2.74. The highest BCUT2D eigenvalue weighted by Crippen LogP contribution is 2.50. The van der Waals surface area contributed by atoms with E-state index in [0.717, 1.165) is 24.1 Å². The summed E-state index contributed by atoms with van der Waals surface area (Å²) in [6.07, 6.45) is 2.65. The predicted molar refractivity (Wildman–Crippen MR) is 105 cm³/mol. The number of benzene rings is 1. The third-order valence-electron chi connectivity index (χ3n) is 5.72. The normalized spacial score (nSPS) is 26.5. The van der Waals surface area contributed by atoms with E-state index >= 15 is 0 Å². The van der Waals surface area contributed by atoms with Crippen LogP contribution in [-0.2, 0) is 20.7 Å². The predicted octanol–water partition coefficient (Wildman–Crippen LogP) is 2.85. The first kappa shape index (κ1) is 20.7. The number of hydrogen-bond donors (Lipinski definition) is 3. The maximum atomic E-state index is 12.8. The molecular weight excluding hydrogens is 354 g/mol. The Morgan fingerprint density at radius 3 is 2.77 bits per heavy atom. The Balaban J connectivity index is 0.00000243. The van der Waals surface area contributed by atoms with Gasteiger partial charge in [0.15, 0.2) is 0 Å². The van der Waals surface area contributed by atoms with Crippen LogP contribution >= 0.6 is 12.4 Å². The molecule has 1 saturated carbocycles. The molecule has 0 bridgehead atoms. The first-order valence-corrected chi connectivity index (χ1v) is 8.92. The van der Waals surface area contributed by atoms with Gasteiger partial charge in [-0.15, -0.1) is 12.4 Å². The molecule has 1 aromatic rings. The Labute approximate surface area is 160 Å². The third kappa shape index (κ3) is 3.46. The zero-order valence-corrected chi connectivity index (χ0v) is 16.4. The lowest BCUT2D eigenvalue weighted by atomic mass is 9.54. The summed E-state index contributed by atoms with van der Waals surface area (Å²) in [5, 5.41) is 5.85. The second-order valence-electron chi connectivity index (χ2n) is 7.57. The van der Waals surface area contributed by atoms with Crippen LogP contribution in [0.5, 0.6) is 0 Å². The van der Waals surface area contributed by atoms with Gasteiger partial charge in [-0.3, -0.25) is 9.59 Å². The van der Waals surface area contributed by atoms with Crippen molar-refractivity contribution in [2.75, 3.05) is 17.2 Å². The van der Waals surface area contributed by atoms with Gasteiger partial charge in [-0.05, 0) is 43.5 Å². The summed E-state index contributed by atoms with van der Waals surface area (Å²) in [5.74, 6) is -0.152. The van der Waals surface area contributed by atoms with Gasteiger partial charge < -0.3 is 21.1 Å². The number of carbonyl (C=O) groups is 2. The molecule has 1 aliphatic heterocycles. The summed E-state index contributed by atoms with van der Waals surface area (Å²) >= 11 is 0. The van der Waals surface area contributed by atoms with Gasteiger partial charge in [0.25, 0.3) is 0 Å². The van der Waals surface area contributed by atoms with Crippen molar-refractivity contribution < 1.29 is 14.3 Å². The first-order valence-electron chi connectivity index (χ1n) is 8.92. The number of anilines is 2. The van der Waals surface area contributed by atoms with Crippen molar-refractivity contribution in [1.82, 2.24) is 0 Å². The Morgan fingerprint density at radius 2 is 2.12 bits per heavy atom. The summed E-state index contributed by atoms with van der Waals surface area (Å²) in [5.41, 5.74) is 7.62. The second kappa shape index (κ2) is 7.55. The van der Waals surface area contributed by atoms with Gasteiger partial charge in [-0.1, -0.05) is 13.8 Å². The maximum absolute atomic E-state index is 12.8. The highest BCUT2D eigenvalue weighted by Gasteiger charge is 2.62. The molecule has 1 aliphatic carbocycles. The van der Waals surface area contributed by atoms with Gasteiger partial charge in [0, 0.05) is 36.2 Å². The molecule has 3 rings (SSSR count). The summed E-state index contributed by atoms with van der Waals surface area (Å²) in [7, 11) is 0. The van der Waals surface area contributed by atoms with Crippen LogP contribution in [0.2, 0.25) is 0 Å². The lowest BCUT2D eigenvalue weighted by Crippen LogP contribution is -2.74. The minimum absolute atomic E-state index is 0. The van der Waals surface area contributed by atoms with E-state index in [1.165, 1.54) is 0 Å². The van der Waals surface area contributed by atoms with Gasteiger partial charge in [0.1, 0.15) is 5.54 Å². The van der Waals surface area contributed by atoms with E-state index in [1.807, 2.05) is 32.9 Å². The molecule has 2 unspecified atom stereocenters. The standard InChI is InChI=1S/C19H27N3O3.ClH/c1-4-25-15-11-19(20,18(15,2)3)17(24)21-13-8-9-14-12(10-13)6-5-7-16(23)22-14;/h8-10,15H,4-7,11,20H2,1-3H3,(H,21,24)(H,22,23);1H. The van der Waals surface area contributed by atoms with E-state index in [9.17, 15) is 9.59 Å². The first-order chi connectivity index (χ1) is 11.8. The third-order valence-corrected chi connectivity index (χ3v) is 5.72. The number of nitrogens with two attached hydrogens (primary N) is 1. The highest BCUT2D eigenvalue weighted by molar-refractivity contribution is 6.00. The van der Waals surface area contributed by atoms with E-state index in [2.05, 4.69) is 10.6 Å². The van der Waals surface area contributed by atoms with Crippen molar-refractivity contribution in [3.63, 3.8) is 0 Å². The molecule has 6 nitrogen and oxygen atoms in total. The molecule has 4 N–H and O–H groups in total. The van der Waals surface area contributed by atoms with Crippen molar-refractivity contribution in [2.24, 2.45) is 11.1 Å². The van der Waals surface area contributed by atoms with Crippen LogP contribution < -0.4 is 16.4 Å². The summed E-state index contributed by atoms with van der Waals surface area (Å²) in [6.45, 7) is 6.51. The fourth-order valence-electron chi connectivity index (χ4n) is 3.72. The largest absolute Gasteiger partial charge is 0.378 e. The molecule has 0 aromatic heterocycles. The zero-order valence-electron chi connectivity index (χ0n) is 15.6. The molecule has 26 heavy (non-hydrogen) atoms. The topological polar surface area (TPSA) is 93.4 Å². The highest BCUT2D eigenvalue weighted by atomic mass is 35.5. The molecule has 0 spiro atoms. The smallest absolute Gasteiger partial charge is 0.245 e. The monoisotopic (exact) mass is 381 g/mol. The van der Waals surface area contributed by atoms with E-state index in [0.29, 0.717) is 25.1 Å².